The molecule has 128 valence electrons. The van der Waals surface area contributed by atoms with Gasteiger partial charge in [-0.3, -0.25) is 4.79 Å². The van der Waals surface area contributed by atoms with Gasteiger partial charge in [-0.1, -0.05) is 30.0 Å². The van der Waals surface area contributed by atoms with Gasteiger partial charge in [-0.25, -0.2) is 4.98 Å². The van der Waals surface area contributed by atoms with E-state index >= 15 is 0 Å². The van der Waals surface area contributed by atoms with Crippen molar-refractivity contribution < 1.29 is 4.79 Å². The average Bonchev–Trinajstić information content (AvgIpc) is 2.56. The number of rotatable bonds is 4. The van der Waals surface area contributed by atoms with Crippen molar-refractivity contribution >= 4 is 66.1 Å². The highest BCUT2D eigenvalue weighted by Gasteiger charge is 2.11. The second-order valence-electron chi connectivity index (χ2n) is 5.73. The number of pyridine rings is 1. The van der Waals surface area contributed by atoms with Gasteiger partial charge >= 0.3 is 0 Å². The van der Waals surface area contributed by atoms with Crippen LogP contribution in [-0.4, -0.2) is 16.6 Å². The van der Waals surface area contributed by atoms with E-state index in [1.54, 1.807) is 0 Å². The minimum atomic E-state index is -0.0668. The van der Waals surface area contributed by atoms with Crippen LogP contribution in [0, 0.1) is 13.8 Å². The van der Waals surface area contributed by atoms with Gasteiger partial charge in [0.1, 0.15) is 0 Å². The van der Waals surface area contributed by atoms with E-state index in [2.05, 4.69) is 55.2 Å². The van der Waals surface area contributed by atoms with Crippen LogP contribution in [0.25, 0.3) is 10.9 Å². The number of halogens is 2. The number of para-hydroxylation sites is 1. The predicted octanol–water partition coefficient (Wildman–Crippen LogP) is 6.11. The SMILES string of the molecule is Cc1cc(Br)c(NC(=O)CSc2cc(C)c3ccccc3n2)c(Br)c1. The molecule has 3 rings (SSSR count). The summed E-state index contributed by atoms with van der Waals surface area (Å²) in [5.74, 6) is 0.236. The Bertz CT molecular complexity index is 936. The monoisotopic (exact) mass is 478 g/mol. The number of hydrogen-bond donors (Lipinski definition) is 1. The summed E-state index contributed by atoms with van der Waals surface area (Å²) in [5, 5.41) is 4.94. The minimum Gasteiger partial charge on any atom is -0.323 e. The molecule has 0 spiro atoms. The quantitative estimate of drug-likeness (QED) is 0.459. The Morgan fingerprint density at radius 1 is 1.12 bits per heavy atom. The lowest BCUT2D eigenvalue weighted by Crippen LogP contribution is -2.15. The van der Waals surface area contributed by atoms with Crippen molar-refractivity contribution in [2.24, 2.45) is 0 Å². The smallest absolute Gasteiger partial charge is 0.234 e. The highest BCUT2D eigenvalue weighted by molar-refractivity contribution is 9.11. The molecule has 3 nitrogen and oxygen atoms in total. The molecule has 3 aromatic rings. The molecule has 1 aromatic heterocycles. The third-order valence-electron chi connectivity index (χ3n) is 3.70. The van der Waals surface area contributed by atoms with E-state index in [0.29, 0.717) is 5.75 Å². The fourth-order valence-corrected chi connectivity index (χ4v) is 4.91. The van der Waals surface area contributed by atoms with Crippen LogP contribution in [0.4, 0.5) is 5.69 Å². The Morgan fingerprint density at radius 3 is 2.52 bits per heavy atom. The van der Waals surface area contributed by atoms with E-state index in [4.69, 9.17) is 0 Å². The van der Waals surface area contributed by atoms with Crippen LogP contribution in [0.1, 0.15) is 11.1 Å². The average molecular weight is 480 g/mol. The molecule has 1 heterocycles. The van der Waals surface area contributed by atoms with Gasteiger partial charge in [0.25, 0.3) is 0 Å². The number of nitrogens with zero attached hydrogens (tertiary/aromatic N) is 1. The third kappa shape index (κ3) is 4.43. The molecule has 0 bridgehead atoms. The summed E-state index contributed by atoms with van der Waals surface area (Å²) in [4.78, 5) is 16.9. The van der Waals surface area contributed by atoms with Gasteiger partial charge in [0.15, 0.2) is 0 Å². The zero-order valence-electron chi connectivity index (χ0n) is 13.8. The van der Waals surface area contributed by atoms with Crippen LogP contribution in [0.15, 0.2) is 56.4 Å². The zero-order chi connectivity index (χ0) is 18.0. The van der Waals surface area contributed by atoms with E-state index < -0.39 is 0 Å². The van der Waals surface area contributed by atoms with Crippen molar-refractivity contribution in [3.63, 3.8) is 0 Å². The Labute approximate surface area is 167 Å². The predicted molar refractivity (Wildman–Crippen MR) is 112 cm³/mol. The van der Waals surface area contributed by atoms with Crippen molar-refractivity contribution in [3.8, 4) is 0 Å². The maximum Gasteiger partial charge on any atom is 0.234 e. The topological polar surface area (TPSA) is 42.0 Å². The van der Waals surface area contributed by atoms with Crippen molar-refractivity contribution in [3.05, 3.63) is 62.5 Å². The van der Waals surface area contributed by atoms with E-state index in [-0.39, 0.29) is 5.91 Å². The first-order valence-electron chi connectivity index (χ1n) is 7.69. The summed E-state index contributed by atoms with van der Waals surface area (Å²) in [6, 6.07) is 14.0. The van der Waals surface area contributed by atoms with Gasteiger partial charge in [-0.15, -0.1) is 0 Å². The molecule has 0 saturated heterocycles. The van der Waals surface area contributed by atoms with Crippen molar-refractivity contribution in [1.29, 1.82) is 0 Å². The van der Waals surface area contributed by atoms with Crippen molar-refractivity contribution in [2.75, 3.05) is 11.1 Å². The number of aromatic nitrogens is 1. The summed E-state index contributed by atoms with van der Waals surface area (Å²) in [6.07, 6.45) is 0. The first kappa shape index (κ1) is 18.4. The normalized spacial score (nSPS) is 10.9. The van der Waals surface area contributed by atoms with Gasteiger partial charge < -0.3 is 5.32 Å². The lowest BCUT2D eigenvalue weighted by molar-refractivity contribution is -0.113. The number of anilines is 1. The van der Waals surface area contributed by atoms with Crippen LogP contribution in [0.3, 0.4) is 0 Å². The van der Waals surface area contributed by atoms with Gasteiger partial charge in [-0.05, 0) is 81.1 Å². The largest absolute Gasteiger partial charge is 0.323 e. The molecular weight excluding hydrogens is 464 g/mol. The summed E-state index contributed by atoms with van der Waals surface area (Å²) in [6.45, 7) is 4.07. The van der Waals surface area contributed by atoms with Gasteiger partial charge in [0.05, 0.1) is 22.0 Å². The number of amides is 1. The minimum absolute atomic E-state index is 0.0668. The van der Waals surface area contributed by atoms with Crippen LogP contribution >= 0.6 is 43.6 Å². The molecule has 0 aliphatic carbocycles. The molecule has 0 aliphatic rings. The van der Waals surface area contributed by atoms with E-state index in [0.717, 1.165) is 41.7 Å². The van der Waals surface area contributed by atoms with Crippen molar-refractivity contribution in [1.82, 2.24) is 4.98 Å². The number of thioether (sulfide) groups is 1. The molecule has 0 unspecified atom stereocenters. The standard InChI is InChI=1S/C19H16Br2N2OS/c1-11-7-14(20)19(15(21)8-11)23-17(24)10-25-18-9-12(2)13-5-3-4-6-16(13)22-18/h3-9H,10H2,1-2H3,(H,23,24). The first-order valence-corrected chi connectivity index (χ1v) is 10.3. The van der Waals surface area contributed by atoms with Crippen LogP contribution < -0.4 is 5.32 Å². The van der Waals surface area contributed by atoms with Crippen molar-refractivity contribution in [2.45, 2.75) is 18.9 Å². The van der Waals surface area contributed by atoms with Crippen LogP contribution in [0.5, 0.6) is 0 Å². The maximum atomic E-state index is 12.3. The number of carbonyl (C=O) groups is 1. The molecule has 6 heteroatoms. The first-order chi connectivity index (χ1) is 11.9. The molecule has 0 aliphatic heterocycles. The molecule has 0 radical (unpaired) electrons. The third-order valence-corrected chi connectivity index (χ3v) is 5.86. The van der Waals surface area contributed by atoms with E-state index in [1.807, 2.05) is 43.3 Å². The highest BCUT2D eigenvalue weighted by Crippen LogP contribution is 2.32. The second kappa shape index (κ2) is 7.89. The Balaban J connectivity index is 1.71. The summed E-state index contributed by atoms with van der Waals surface area (Å²) < 4.78 is 1.72. The Kier molecular flexibility index (Phi) is 5.81. The Hall–Kier alpha value is -1.37. The van der Waals surface area contributed by atoms with Crippen LogP contribution in [-0.2, 0) is 4.79 Å². The fraction of sp³-hybridized carbons (Fsp3) is 0.158. The lowest BCUT2D eigenvalue weighted by Gasteiger charge is -2.11. The van der Waals surface area contributed by atoms with Gasteiger partial charge in [-0.2, -0.15) is 0 Å². The molecule has 25 heavy (non-hydrogen) atoms. The maximum absolute atomic E-state index is 12.3. The molecule has 0 saturated carbocycles. The molecule has 1 N–H and O–H groups in total. The molecular formula is C19H16Br2N2OS. The number of hydrogen-bond acceptors (Lipinski definition) is 3. The molecule has 0 fully saturated rings. The molecule has 0 atom stereocenters. The molecule has 1 amide bonds. The van der Waals surface area contributed by atoms with E-state index in [9.17, 15) is 4.79 Å². The number of carbonyl (C=O) groups excluding carboxylic acids is 1. The number of nitrogens with one attached hydrogen (secondary N) is 1. The second-order valence-corrected chi connectivity index (χ2v) is 8.44. The van der Waals surface area contributed by atoms with Gasteiger partial charge in [0, 0.05) is 14.3 Å². The Morgan fingerprint density at radius 2 is 1.80 bits per heavy atom. The summed E-state index contributed by atoms with van der Waals surface area (Å²) >= 11 is 8.43. The number of aryl methyl sites for hydroxylation is 2. The highest BCUT2D eigenvalue weighted by atomic mass is 79.9. The van der Waals surface area contributed by atoms with Crippen LogP contribution in [0.2, 0.25) is 0 Å². The number of benzene rings is 2. The molecule has 2 aromatic carbocycles. The van der Waals surface area contributed by atoms with Gasteiger partial charge in [0.2, 0.25) is 5.91 Å². The lowest BCUT2D eigenvalue weighted by atomic mass is 10.1. The number of fused-ring (bicyclic) bond motifs is 1. The fourth-order valence-electron chi connectivity index (χ4n) is 2.53. The van der Waals surface area contributed by atoms with E-state index in [1.165, 1.54) is 11.8 Å². The summed E-state index contributed by atoms with van der Waals surface area (Å²) in [5.41, 5.74) is 3.98. The summed E-state index contributed by atoms with van der Waals surface area (Å²) in [7, 11) is 0. The zero-order valence-corrected chi connectivity index (χ0v) is 17.8.